The minimum Gasteiger partial charge on any atom is -0.469 e. The van der Waals surface area contributed by atoms with Crippen molar-refractivity contribution in [1.82, 2.24) is 0 Å². The lowest BCUT2D eigenvalue weighted by Crippen LogP contribution is -2.51. The molecule has 0 spiro atoms. The quantitative estimate of drug-likeness (QED) is 0.356. The third kappa shape index (κ3) is 3.21. The van der Waals surface area contributed by atoms with Gasteiger partial charge in [0.05, 0.1) is 24.7 Å². The average Bonchev–Trinajstić information content (AvgIpc) is 3.19. The summed E-state index contributed by atoms with van der Waals surface area (Å²) in [7, 11) is 1.21. The van der Waals surface area contributed by atoms with E-state index in [4.69, 9.17) is 14.2 Å². The van der Waals surface area contributed by atoms with Gasteiger partial charge < -0.3 is 19.3 Å². The van der Waals surface area contributed by atoms with E-state index in [9.17, 15) is 29.1 Å². The Kier molecular flexibility index (Phi) is 5.66. The smallest absolute Gasteiger partial charge is 0.338 e. The fraction of sp³-hybridized carbons (Fsp3) is 0.519. The number of esters is 3. The molecule has 190 valence electrons. The number of ether oxygens (including phenoxy) is 3. The Morgan fingerprint density at radius 2 is 1.89 bits per heavy atom. The van der Waals surface area contributed by atoms with Crippen LogP contribution in [0.3, 0.4) is 0 Å². The lowest BCUT2D eigenvalue weighted by molar-refractivity contribution is -0.165. The second-order valence-corrected chi connectivity index (χ2v) is 10.5. The van der Waals surface area contributed by atoms with Gasteiger partial charge in [-0.2, -0.15) is 0 Å². The molecule has 0 amide bonds. The molecule has 0 radical (unpaired) electrons. The van der Waals surface area contributed by atoms with Gasteiger partial charge in [-0.15, -0.1) is 0 Å². The number of carbonyl (C=O) groups excluding carboxylic acids is 5. The molecule has 9 nitrogen and oxygen atoms in total. The molecule has 36 heavy (non-hydrogen) atoms. The van der Waals surface area contributed by atoms with Crippen LogP contribution in [0.1, 0.15) is 43.0 Å². The highest BCUT2D eigenvalue weighted by molar-refractivity contribution is 5.93. The van der Waals surface area contributed by atoms with E-state index in [0.717, 1.165) is 0 Å². The molecule has 9 heteroatoms. The van der Waals surface area contributed by atoms with Crippen molar-refractivity contribution in [1.29, 1.82) is 0 Å². The van der Waals surface area contributed by atoms with Gasteiger partial charge in [0.25, 0.3) is 0 Å². The summed E-state index contributed by atoms with van der Waals surface area (Å²) in [5, 5.41) is 10.8. The Morgan fingerprint density at radius 3 is 2.58 bits per heavy atom. The van der Waals surface area contributed by atoms with Crippen LogP contribution in [-0.4, -0.2) is 60.0 Å². The van der Waals surface area contributed by atoms with Crippen molar-refractivity contribution in [2.75, 3.05) is 13.7 Å². The van der Waals surface area contributed by atoms with E-state index >= 15 is 0 Å². The summed E-state index contributed by atoms with van der Waals surface area (Å²) < 4.78 is 16.3. The number of rotatable bonds is 6. The first-order valence-corrected chi connectivity index (χ1v) is 12.0. The van der Waals surface area contributed by atoms with E-state index in [1.165, 1.54) is 13.2 Å². The molecule has 1 heterocycles. The summed E-state index contributed by atoms with van der Waals surface area (Å²) in [6.45, 7) is 1.03. The van der Waals surface area contributed by atoms with Gasteiger partial charge in [-0.25, -0.2) is 4.79 Å². The monoisotopic (exact) mass is 496 g/mol. The SMILES string of the molecule is COC(=O)[C@H]1[C@H]2[C@@]3(C=C[C@H](O)[C@@]2(C)C(=O)O3)[C@@H]2CCC(=O)C[C@@]21CC(=O)COC(=O)c1ccccc1. The number of methoxy groups -OCH3 is 1. The first-order chi connectivity index (χ1) is 17.1. The molecule has 1 saturated heterocycles. The lowest BCUT2D eigenvalue weighted by atomic mass is 9.58. The van der Waals surface area contributed by atoms with Crippen LogP contribution in [0.15, 0.2) is 42.5 Å². The molecule has 0 aromatic heterocycles. The van der Waals surface area contributed by atoms with Crippen molar-refractivity contribution in [2.24, 2.45) is 28.6 Å². The summed E-state index contributed by atoms with van der Waals surface area (Å²) in [5.74, 6) is -4.91. The fourth-order valence-corrected chi connectivity index (χ4v) is 7.34. The van der Waals surface area contributed by atoms with E-state index in [2.05, 4.69) is 0 Å². The van der Waals surface area contributed by atoms with Crippen LogP contribution in [0.2, 0.25) is 0 Å². The molecule has 1 N–H and O–H groups in total. The van der Waals surface area contributed by atoms with Gasteiger partial charge in [0.2, 0.25) is 0 Å². The highest BCUT2D eigenvalue weighted by Gasteiger charge is 2.81. The van der Waals surface area contributed by atoms with Crippen LogP contribution >= 0.6 is 0 Å². The molecule has 5 rings (SSSR count). The van der Waals surface area contributed by atoms with E-state index in [1.54, 1.807) is 43.3 Å². The first kappa shape index (κ1) is 24.4. The number of hydrogen-bond acceptors (Lipinski definition) is 9. The zero-order chi connectivity index (χ0) is 25.9. The van der Waals surface area contributed by atoms with Crippen LogP contribution in [-0.2, 0) is 33.4 Å². The molecule has 0 unspecified atom stereocenters. The van der Waals surface area contributed by atoms with E-state index in [0.29, 0.717) is 12.0 Å². The van der Waals surface area contributed by atoms with E-state index in [1.807, 2.05) is 0 Å². The van der Waals surface area contributed by atoms with Gasteiger partial charge in [0, 0.05) is 36.5 Å². The molecule has 1 aromatic carbocycles. The molecular formula is C27H28O9. The third-order valence-corrected chi connectivity index (χ3v) is 8.78. The second kappa shape index (κ2) is 8.37. The highest BCUT2D eigenvalue weighted by atomic mass is 16.6. The van der Waals surface area contributed by atoms with Crippen molar-refractivity contribution < 1.29 is 43.3 Å². The van der Waals surface area contributed by atoms with Crippen LogP contribution in [0.4, 0.5) is 0 Å². The second-order valence-electron chi connectivity index (χ2n) is 10.5. The fourth-order valence-electron chi connectivity index (χ4n) is 7.34. The molecule has 2 saturated carbocycles. The molecular weight excluding hydrogens is 468 g/mol. The van der Waals surface area contributed by atoms with Crippen LogP contribution in [0, 0.1) is 28.6 Å². The number of benzene rings is 1. The number of aliphatic hydroxyl groups excluding tert-OH is 1. The predicted octanol–water partition coefficient (Wildman–Crippen LogP) is 1.81. The molecule has 3 aliphatic carbocycles. The van der Waals surface area contributed by atoms with Gasteiger partial charge >= 0.3 is 17.9 Å². The number of Topliss-reactive ketones (excluding diaryl/α,β-unsaturated/α-hetero) is 2. The Hall–Kier alpha value is -3.33. The average molecular weight is 497 g/mol. The number of carbonyl (C=O) groups is 5. The Balaban J connectivity index is 1.51. The minimum atomic E-state index is -1.44. The number of fused-ring (bicyclic) bond motifs is 1. The van der Waals surface area contributed by atoms with Crippen molar-refractivity contribution in [3.63, 3.8) is 0 Å². The summed E-state index contributed by atoms with van der Waals surface area (Å²) in [4.78, 5) is 64.8. The number of ketones is 2. The third-order valence-electron chi connectivity index (χ3n) is 8.78. The topological polar surface area (TPSA) is 133 Å². The van der Waals surface area contributed by atoms with Crippen LogP contribution in [0.5, 0.6) is 0 Å². The number of hydrogen-bond donors (Lipinski definition) is 1. The maximum Gasteiger partial charge on any atom is 0.338 e. The van der Waals surface area contributed by atoms with Crippen LogP contribution < -0.4 is 0 Å². The van der Waals surface area contributed by atoms with Crippen molar-refractivity contribution in [3.8, 4) is 0 Å². The van der Waals surface area contributed by atoms with E-state index < -0.39 is 70.6 Å². The molecule has 7 atom stereocenters. The predicted molar refractivity (Wildman–Crippen MR) is 122 cm³/mol. The molecule has 3 fully saturated rings. The molecule has 1 aliphatic heterocycles. The van der Waals surface area contributed by atoms with Crippen LogP contribution in [0.25, 0.3) is 0 Å². The van der Waals surface area contributed by atoms with E-state index in [-0.39, 0.29) is 25.0 Å². The largest absolute Gasteiger partial charge is 0.469 e. The normalized spacial score (nSPS) is 38.1. The van der Waals surface area contributed by atoms with Gasteiger partial charge in [0.15, 0.2) is 5.78 Å². The molecule has 2 bridgehead atoms. The summed E-state index contributed by atoms with van der Waals surface area (Å²) in [5.41, 5.74) is -3.60. The summed E-state index contributed by atoms with van der Waals surface area (Å²) in [6.07, 6.45) is 2.15. The maximum atomic E-state index is 13.3. The van der Waals surface area contributed by atoms with Gasteiger partial charge in [-0.05, 0) is 31.6 Å². The van der Waals surface area contributed by atoms with Gasteiger partial charge in [-0.1, -0.05) is 24.3 Å². The standard InChI is InChI=1S/C27H28O9/c1-25-19(30)10-11-27(36-24(25)33)18-9-8-16(28)12-26(18,20(21(25)27)23(32)34-2)13-17(29)14-35-22(31)15-6-4-3-5-7-15/h3-7,10-11,18-21,30H,8-9,12-14H2,1-2H3/t18-,19+,20-,21-,25-,26-,27-/m1/s1. The van der Waals surface area contributed by atoms with Crippen molar-refractivity contribution in [2.45, 2.75) is 44.3 Å². The molecule has 4 aliphatic rings. The van der Waals surface area contributed by atoms with Gasteiger partial charge in [-0.3, -0.25) is 19.2 Å². The summed E-state index contributed by atoms with van der Waals surface area (Å²) in [6, 6.07) is 8.24. The zero-order valence-corrected chi connectivity index (χ0v) is 20.1. The molecule has 1 aromatic rings. The van der Waals surface area contributed by atoms with Crippen molar-refractivity contribution in [3.05, 3.63) is 48.0 Å². The maximum absolute atomic E-state index is 13.3. The highest BCUT2D eigenvalue weighted by Crippen LogP contribution is 2.73. The summed E-state index contributed by atoms with van der Waals surface area (Å²) >= 11 is 0. The van der Waals surface area contributed by atoms with Gasteiger partial charge in [0.1, 0.15) is 23.4 Å². The van der Waals surface area contributed by atoms with Crippen molar-refractivity contribution >= 4 is 29.5 Å². The minimum absolute atomic E-state index is 0.0778. The lowest BCUT2D eigenvalue weighted by Gasteiger charge is -2.44. The number of aliphatic hydroxyl groups is 1. The first-order valence-electron chi connectivity index (χ1n) is 12.0. The Morgan fingerprint density at radius 1 is 1.17 bits per heavy atom. The Bertz CT molecular complexity index is 1170. The Labute approximate surface area is 207 Å². The zero-order valence-electron chi connectivity index (χ0n) is 20.1.